The SMILES string of the molecule is COc1c(Br)cc(Br)c([N+](=O)[O-])c1Br. The van der Waals surface area contributed by atoms with Crippen molar-refractivity contribution in [1.82, 2.24) is 0 Å². The Bertz CT molecular complexity index is 394. The second-order valence-corrected chi connectivity index (χ2v) is 4.79. The van der Waals surface area contributed by atoms with Crippen molar-refractivity contribution in [2.75, 3.05) is 7.11 Å². The number of benzene rings is 1. The van der Waals surface area contributed by atoms with E-state index in [9.17, 15) is 10.1 Å². The summed E-state index contributed by atoms with van der Waals surface area (Å²) >= 11 is 9.46. The zero-order valence-electron chi connectivity index (χ0n) is 6.88. The van der Waals surface area contributed by atoms with Crippen LogP contribution in [0.3, 0.4) is 0 Å². The lowest BCUT2D eigenvalue weighted by atomic mass is 10.3. The van der Waals surface area contributed by atoms with Crippen LogP contribution in [-0.4, -0.2) is 12.0 Å². The van der Waals surface area contributed by atoms with Gasteiger partial charge in [0.25, 0.3) is 0 Å². The molecule has 0 spiro atoms. The number of methoxy groups -OCH3 is 1. The third-order valence-corrected chi connectivity index (χ3v) is 3.42. The van der Waals surface area contributed by atoms with Crippen LogP contribution in [0.1, 0.15) is 0 Å². The second kappa shape index (κ2) is 4.59. The summed E-state index contributed by atoms with van der Waals surface area (Å²) in [6.45, 7) is 0. The van der Waals surface area contributed by atoms with Gasteiger partial charge in [-0.3, -0.25) is 10.1 Å². The molecular formula is C7H4Br3NO3. The molecule has 0 aromatic heterocycles. The molecule has 1 aromatic carbocycles. The van der Waals surface area contributed by atoms with Gasteiger partial charge in [0.15, 0.2) is 5.75 Å². The van der Waals surface area contributed by atoms with Crippen LogP contribution in [-0.2, 0) is 0 Å². The number of rotatable bonds is 2. The predicted molar refractivity (Wildman–Crippen MR) is 62.7 cm³/mol. The normalized spacial score (nSPS) is 10.0. The van der Waals surface area contributed by atoms with E-state index < -0.39 is 4.92 Å². The van der Waals surface area contributed by atoms with Crippen molar-refractivity contribution < 1.29 is 9.66 Å². The van der Waals surface area contributed by atoms with Crippen LogP contribution in [0.5, 0.6) is 5.75 Å². The Hall–Kier alpha value is -0.140. The van der Waals surface area contributed by atoms with E-state index in [4.69, 9.17) is 4.74 Å². The quantitative estimate of drug-likeness (QED) is 0.569. The minimum Gasteiger partial charge on any atom is -0.494 e. The lowest BCUT2D eigenvalue weighted by Crippen LogP contribution is -1.95. The van der Waals surface area contributed by atoms with Gasteiger partial charge < -0.3 is 4.74 Å². The van der Waals surface area contributed by atoms with E-state index in [1.807, 2.05) is 0 Å². The number of halogens is 3. The van der Waals surface area contributed by atoms with E-state index in [0.29, 0.717) is 19.2 Å². The summed E-state index contributed by atoms with van der Waals surface area (Å²) in [5, 5.41) is 10.7. The van der Waals surface area contributed by atoms with Gasteiger partial charge in [-0.1, -0.05) is 0 Å². The predicted octanol–water partition coefficient (Wildman–Crippen LogP) is 3.89. The zero-order valence-corrected chi connectivity index (χ0v) is 11.6. The summed E-state index contributed by atoms with van der Waals surface area (Å²) in [6, 6.07) is 1.57. The summed E-state index contributed by atoms with van der Waals surface area (Å²) in [7, 11) is 1.45. The Labute approximate surface area is 105 Å². The molecule has 0 amide bonds. The zero-order chi connectivity index (χ0) is 10.9. The maximum atomic E-state index is 10.7. The fourth-order valence-corrected chi connectivity index (χ4v) is 3.65. The van der Waals surface area contributed by atoms with Gasteiger partial charge >= 0.3 is 5.69 Å². The molecule has 76 valence electrons. The molecule has 0 heterocycles. The lowest BCUT2D eigenvalue weighted by Gasteiger charge is -2.07. The molecule has 0 aliphatic carbocycles. The molecule has 0 saturated heterocycles. The first kappa shape index (κ1) is 11.9. The monoisotopic (exact) mass is 387 g/mol. The summed E-state index contributed by atoms with van der Waals surface area (Å²) in [5.74, 6) is 0.403. The third-order valence-electron chi connectivity index (χ3n) is 1.49. The van der Waals surface area contributed by atoms with Gasteiger partial charge in [-0.05, 0) is 53.9 Å². The Morgan fingerprint density at radius 1 is 1.36 bits per heavy atom. The number of nitrogens with zero attached hydrogens (tertiary/aromatic N) is 1. The summed E-state index contributed by atoms with van der Waals surface area (Å²) in [5.41, 5.74) is -0.0509. The maximum Gasteiger partial charge on any atom is 0.301 e. The van der Waals surface area contributed by atoms with E-state index in [1.165, 1.54) is 7.11 Å². The minimum absolute atomic E-state index is 0.0509. The molecule has 0 bridgehead atoms. The highest BCUT2D eigenvalue weighted by Crippen LogP contribution is 2.44. The molecular weight excluding hydrogens is 386 g/mol. The smallest absolute Gasteiger partial charge is 0.301 e. The van der Waals surface area contributed by atoms with E-state index in [-0.39, 0.29) is 5.69 Å². The second-order valence-electron chi connectivity index (χ2n) is 2.29. The molecule has 0 aliphatic rings. The van der Waals surface area contributed by atoms with Gasteiger partial charge in [-0.25, -0.2) is 0 Å². The van der Waals surface area contributed by atoms with Gasteiger partial charge in [0.2, 0.25) is 0 Å². The van der Waals surface area contributed by atoms with Crippen molar-refractivity contribution >= 4 is 53.5 Å². The van der Waals surface area contributed by atoms with Gasteiger partial charge in [0, 0.05) is 0 Å². The lowest BCUT2D eigenvalue weighted by molar-refractivity contribution is -0.386. The van der Waals surface area contributed by atoms with Crippen LogP contribution in [0.25, 0.3) is 0 Å². The van der Waals surface area contributed by atoms with Crippen LogP contribution in [0.2, 0.25) is 0 Å². The average molecular weight is 390 g/mol. The molecule has 1 rings (SSSR count). The Balaban J connectivity index is 3.52. The summed E-state index contributed by atoms with van der Waals surface area (Å²) in [6.07, 6.45) is 0. The molecule has 0 N–H and O–H groups in total. The van der Waals surface area contributed by atoms with Gasteiger partial charge in [-0.2, -0.15) is 0 Å². The van der Waals surface area contributed by atoms with Crippen molar-refractivity contribution in [3.8, 4) is 5.75 Å². The van der Waals surface area contributed by atoms with Crippen molar-refractivity contribution in [2.45, 2.75) is 0 Å². The van der Waals surface area contributed by atoms with Crippen molar-refractivity contribution in [2.24, 2.45) is 0 Å². The molecule has 1 aromatic rings. The number of ether oxygens (including phenoxy) is 1. The van der Waals surface area contributed by atoms with E-state index >= 15 is 0 Å². The fraction of sp³-hybridized carbons (Fsp3) is 0.143. The van der Waals surface area contributed by atoms with Crippen molar-refractivity contribution in [3.63, 3.8) is 0 Å². The third kappa shape index (κ3) is 2.09. The number of hydrogen-bond donors (Lipinski definition) is 0. The highest BCUT2D eigenvalue weighted by molar-refractivity contribution is 9.11. The van der Waals surface area contributed by atoms with Crippen LogP contribution >= 0.6 is 47.8 Å². The molecule has 0 saturated carbocycles. The first-order chi connectivity index (χ1) is 6.49. The molecule has 0 fully saturated rings. The van der Waals surface area contributed by atoms with Crippen LogP contribution in [0.15, 0.2) is 19.5 Å². The van der Waals surface area contributed by atoms with Gasteiger partial charge in [0.05, 0.1) is 21.0 Å². The molecule has 7 heteroatoms. The molecule has 14 heavy (non-hydrogen) atoms. The Morgan fingerprint density at radius 2 is 1.93 bits per heavy atom. The molecule has 0 aliphatic heterocycles. The number of nitro benzene ring substituents is 1. The number of hydrogen-bond acceptors (Lipinski definition) is 3. The fourth-order valence-electron chi connectivity index (χ4n) is 0.917. The summed E-state index contributed by atoms with van der Waals surface area (Å²) < 4.78 is 6.35. The van der Waals surface area contributed by atoms with Crippen LogP contribution in [0, 0.1) is 10.1 Å². The molecule has 0 atom stereocenters. The highest BCUT2D eigenvalue weighted by atomic mass is 79.9. The van der Waals surface area contributed by atoms with Gasteiger partial charge in [0.1, 0.15) is 4.47 Å². The average Bonchev–Trinajstić information content (AvgIpc) is 2.02. The van der Waals surface area contributed by atoms with Crippen LogP contribution < -0.4 is 4.74 Å². The highest BCUT2D eigenvalue weighted by Gasteiger charge is 2.23. The maximum absolute atomic E-state index is 10.7. The van der Waals surface area contributed by atoms with E-state index in [2.05, 4.69) is 47.8 Å². The number of nitro groups is 1. The molecule has 0 radical (unpaired) electrons. The van der Waals surface area contributed by atoms with Crippen LogP contribution in [0.4, 0.5) is 5.69 Å². The first-order valence-electron chi connectivity index (χ1n) is 3.35. The standard InChI is InChI=1S/C7H4Br3NO3/c1-14-7-4(9)2-3(8)6(5(7)10)11(12)13/h2H,1H3. The minimum atomic E-state index is -0.483. The first-order valence-corrected chi connectivity index (χ1v) is 5.72. The van der Waals surface area contributed by atoms with Crippen molar-refractivity contribution in [3.05, 3.63) is 29.6 Å². The largest absolute Gasteiger partial charge is 0.494 e. The topological polar surface area (TPSA) is 52.4 Å². The van der Waals surface area contributed by atoms with E-state index in [1.54, 1.807) is 6.07 Å². The molecule has 4 nitrogen and oxygen atoms in total. The van der Waals surface area contributed by atoms with E-state index in [0.717, 1.165) is 0 Å². The van der Waals surface area contributed by atoms with Gasteiger partial charge in [-0.15, -0.1) is 0 Å². The summed E-state index contributed by atoms with van der Waals surface area (Å²) in [4.78, 5) is 10.2. The Kier molecular flexibility index (Phi) is 3.91. The Morgan fingerprint density at radius 3 is 2.36 bits per heavy atom. The molecule has 0 unspecified atom stereocenters. The van der Waals surface area contributed by atoms with Crippen molar-refractivity contribution in [1.29, 1.82) is 0 Å².